The highest BCUT2D eigenvalue weighted by atomic mass is 16.6. The lowest BCUT2D eigenvalue weighted by molar-refractivity contribution is -0.167. The molecule has 0 fully saturated rings. The molecule has 0 saturated heterocycles. The highest BCUT2D eigenvalue weighted by Gasteiger charge is 2.19. The molecule has 6 nitrogen and oxygen atoms in total. The molecule has 1 unspecified atom stereocenters. The van der Waals surface area contributed by atoms with Crippen molar-refractivity contribution in [2.45, 2.75) is 213 Å². The van der Waals surface area contributed by atoms with E-state index in [1.54, 1.807) is 0 Å². The Kier molecular flexibility index (Phi) is 45.1. The van der Waals surface area contributed by atoms with Gasteiger partial charge >= 0.3 is 17.9 Å². The number of hydrogen-bond donors (Lipinski definition) is 0. The van der Waals surface area contributed by atoms with Gasteiger partial charge in [0.05, 0.1) is 0 Å². The Morgan fingerprint density at radius 3 is 1.08 bits per heavy atom. The molecule has 0 aliphatic heterocycles. The second kappa shape index (κ2) is 48.0. The van der Waals surface area contributed by atoms with E-state index < -0.39 is 6.10 Å². The van der Waals surface area contributed by atoms with Crippen molar-refractivity contribution in [2.75, 3.05) is 13.2 Å². The predicted octanol–water partition coefficient (Wildman–Crippen LogP) is 15.8. The summed E-state index contributed by atoms with van der Waals surface area (Å²) in [6.45, 7) is 6.29. The Morgan fingerprint density at radius 2 is 0.667 bits per heavy atom. The van der Waals surface area contributed by atoms with Crippen LogP contribution in [0.3, 0.4) is 0 Å². The van der Waals surface area contributed by atoms with Crippen molar-refractivity contribution in [1.82, 2.24) is 0 Å². The third-order valence-corrected chi connectivity index (χ3v) is 9.96. The third-order valence-electron chi connectivity index (χ3n) is 9.96. The van der Waals surface area contributed by atoms with Crippen LogP contribution in [-0.4, -0.2) is 37.2 Å². The number of carbonyl (C=O) groups is 3. The van der Waals surface area contributed by atoms with Crippen LogP contribution in [0, 0.1) is 0 Å². The number of esters is 3. The molecule has 0 saturated carbocycles. The molecule has 1 atom stereocenters. The minimum atomic E-state index is -0.806. The molecule has 6 heteroatoms. The Bertz CT molecular complexity index is 1230. The summed E-state index contributed by atoms with van der Waals surface area (Å²) in [7, 11) is 0. The van der Waals surface area contributed by atoms with Crippen molar-refractivity contribution in [3.63, 3.8) is 0 Å². The average molecular weight is 833 g/mol. The first-order valence-corrected chi connectivity index (χ1v) is 24.3. The van der Waals surface area contributed by atoms with Gasteiger partial charge in [0.1, 0.15) is 13.2 Å². The molecule has 0 bridgehead atoms. The summed E-state index contributed by atoms with van der Waals surface area (Å²) in [6.07, 6.45) is 62.5. The van der Waals surface area contributed by atoms with Gasteiger partial charge in [-0.3, -0.25) is 14.4 Å². The minimum absolute atomic E-state index is 0.104. The molecule has 0 aromatic carbocycles. The van der Waals surface area contributed by atoms with E-state index in [-0.39, 0.29) is 31.1 Å². The van der Waals surface area contributed by atoms with Crippen LogP contribution in [-0.2, 0) is 28.6 Å². The summed E-state index contributed by atoms with van der Waals surface area (Å²) in [6, 6.07) is 0. The zero-order chi connectivity index (χ0) is 43.7. The summed E-state index contributed by atoms with van der Waals surface area (Å²) >= 11 is 0. The Labute approximate surface area is 368 Å². The van der Waals surface area contributed by atoms with E-state index in [4.69, 9.17) is 14.2 Å². The van der Waals surface area contributed by atoms with E-state index in [0.29, 0.717) is 19.3 Å². The Morgan fingerprint density at radius 1 is 0.350 bits per heavy atom. The highest BCUT2D eigenvalue weighted by molar-refractivity contribution is 5.71. The Balaban J connectivity index is 4.50. The van der Waals surface area contributed by atoms with E-state index in [2.05, 4.69) is 81.5 Å². The third kappa shape index (κ3) is 45.4. The van der Waals surface area contributed by atoms with Gasteiger partial charge in [-0.15, -0.1) is 0 Å². The monoisotopic (exact) mass is 833 g/mol. The molecule has 0 heterocycles. The van der Waals surface area contributed by atoms with Crippen LogP contribution >= 0.6 is 0 Å². The highest BCUT2D eigenvalue weighted by Crippen LogP contribution is 2.13. The maximum Gasteiger partial charge on any atom is 0.306 e. The number of hydrogen-bond acceptors (Lipinski definition) is 6. The smallest absolute Gasteiger partial charge is 0.306 e. The minimum Gasteiger partial charge on any atom is -0.462 e. The summed E-state index contributed by atoms with van der Waals surface area (Å²) in [5.41, 5.74) is 0. The molecule has 340 valence electrons. The SMILES string of the molecule is CC\C=C/C=C\C=C/C=C\CCCCCC(=O)OCC(COC(=O)CCCCCCCCC\C=C/C=C\C=C/CC)OC(=O)CCCCC/C=C\CCCCCCCCC. The van der Waals surface area contributed by atoms with Crippen LogP contribution in [0.2, 0.25) is 0 Å². The summed E-state index contributed by atoms with van der Waals surface area (Å²) in [4.78, 5) is 37.9. The van der Waals surface area contributed by atoms with Gasteiger partial charge in [-0.1, -0.05) is 201 Å². The lowest BCUT2D eigenvalue weighted by atomic mass is 10.1. The normalized spacial score (nSPS) is 12.9. The van der Waals surface area contributed by atoms with Crippen molar-refractivity contribution in [3.8, 4) is 0 Å². The van der Waals surface area contributed by atoms with Gasteiger partial charge in [0.2, 0.25) is 0 Å². The number of rotatable bonds is 42. The first-order chi connectivity index (χ1) is 29.5. The zero-order valence-electron chi connectivity index (χ0n) is 38.7. The van der Waals surface area contributed by atoms with Crippen LogP contribution in [0.4, 0.5) is 0 Å². The van der Waals surface area contributed by atoms with Gasteiger partial charge in [0.15, 0.2) is 6.10 Å². The van der Waals surface area contributed by atoms with Crippen LogP contribution in [0.5, 0.6) is 0 Å². The molecular formula is C54H88O6. The second-order valence-corrected chi connectivity index (χ2v) is 15.8. The maximum atomic E-state index is 12.8. The van der Waals surface area contributed by atoms with Crippen LogP contribution in [0.1, 0.15) is 207 Å². The fourth-order valence-corrected chi connectivity index (χ4v) is 6.33. The molecule has 60 heavy (non-hydrogen) atoms. The average Bonchev–Trinajstić information content (AvgIpc) is 3.24. The predicted molar refractivity (Wildman–Crippen MR) is 256 cm³/mol. The van der Waals surface area contributed by atoms with Crippen molar-refractivity contribution < 1.29 is 28.6 Å². The molecule has 0 spiro atoms. The maximum absolute atomic E-state index is 12.8. The molecule has 0 aromatic heterocycles. The van der Waals surface area contributed by atoms with E-state index in [1.165, 1.54) is 70.6 Å². The molecule has 0 aliphatic rings. The van der Waals surface area contributed by atoms with Gasteiger partial charge in [-0.05, 0) is 83.5 Å². The van der Waals surface area contributed by atoms with Gasteiger partial charge in [0, 0.05) is 19.3 Å². The summed E-state index contributed by atoms with van der Waals surface area (Å²) < 4.78 is 16.7. The fourth-order valence-electron chi connectivity index (χ4n) is 6.33. The number of ether oxygens (including phenoxy) is 3. The summed E-state index contributed by atoms with van der Waals surface area (Å²) in [5.74, 6) is -0.978. The van der Waals surface area contributed by atoms with E-state index in [1.807, 2.05) is 36.5 Å². The van der Waals surface area contributed by atoms with Crippen LogP contribution in [0.15, 0.2) is 97.2 Å². The molecule has 0 aromatic rings. The van der Waals surface area contributed by atoms with Gasteiger partial charge in [-0.2, -0.15) is 0 Å². The molecule has 0 rings (SSSR count). The van der Waals surface area contributed by atoms with Gasteiger partial charge in [-0.25, -0.2) is 0 Å². The van der Waals surface area contributed by atoms with Gasteiger partial charge in [0.25, 0.3) is 0 Å². The van der Waals surface area contributed by atoms with E-state index in [0.717, 1.165) is 96.3 Å². The number of allylic oxidation sites excluding steroid dienone is 16. The first kappa shape index (κ1) is 56.3. The lowest BCUT2D eigenvalue weighted by Gasteiger charge is -2.18. The number of carbonyl (C=O) groups excluding carboxylic acids is 3. The molecule has 0 N–H and O–H groups in total. The van der Waals surface area contributed by atoms with Gasteiger partial charge < -0.3 is 14.2 Å². The second-order valence-electron chi connectivity index (χ2n) is 15.8. The fraction of sp³-hybridized carbons (Fsp3) is 0.648. The quantitative estimate of drug-likeness (QED) is 0.0200. The van der Waals surface area contributed by atoms with Crippen molar-refractivity contribution >= 4 is 17.9 Å². The first-order valence-electron chi connectivity index (χ1n) is 24.3. The van der Waals surface area contributed by atoms with Crippen molar-refractivity contribution in [2.24, 2.45) is 0 Å². The van der Waals surface area contributed by atoms with Crippen LogP contribution < -0.4 is 0 Å². The zero-order valence-corrected chi connectivity index (χ0v) is 38.7. The molecule has 0 radical (unpaired) electrons. The van der Waals surface area contributed by atoms with E-state index >= 15 is 0 Å². The summed E-state index contributed by atoms with van der Waals surface area (Å²) in [5, 5.41) is 0. The van der Waals surface area contributed by atoms with Crippen LogP contribution in [0.25, 0.3) is 0 Å². The van der Waals surface area contributed by atoms with Crippen molar-refractivity contribution in [1.29, 1.82) is 0 Å². The largest absolute Gasteiger partial charge is 0.462 e. The molecular weight excluding hydrogens is 745 g/mol. The standard InChI is InChI=1S/C54H88O6/c1-4-7-10-13-16-19-22-25-27-30-32-35-38-41-44-47-53(56)59-50-51(49-58-52(55)46-43-40-37-34-31-28-24-21-18-15-12-9-6-3)60-54(57)48-45-42-39-36-33-29-26-23-20-17-14-11-8-5-2/h7,9-10,12-13,15-16,18-19,21-22,24,28-29,31,33,51H,4-6,8,11,14,17,20,23,25-27,30,32,34-50H2,1-3H3/b10-7-,12-9-,16-13-,18-15-,22-19-,24-21-,31-28-,33-29-. The molecule has 0 amide bonds. The number of unbranched alkanes of at least 4 members (excludes halogenated alkanes) is 20. The molecule has 0 aliphatic carbocycles. The van der Waals surface area contributed by atoms with E-state index in [9.17, 15) is 14.4 Å². The van der Waals surface area contributed by atoms with Crippen molar-refractivity contribution in [3.05, 3.63) is 97.2 Å². The topological polar surface area (TPSA) is 78.9 Å². The Hall–Kier alpha value is -3.67. The lowest BCUT2D eigenvalue weighted by Crippen LogP contribution is -2.30.